The van der Waals surface area contributed by atoms with Gasteiger partial charge < -0.3 is 5.32 Å². The van der Waals surface area contributed by atoms with Crippen LogP contribution in [0.1, 0.15) is 20.3 Å². The van der Waals surface area contributed by atoms with Crippen molar-refractivity contribution in [2.75, 3.05) is 11.4 Å². The zero-order valence-electron chi connectivity index (χ0n) is 11.0. The van der Waals surface area contributed by atoms with Crippen molar-refractivity contribution < 1.29 is 9.59 Å². The third kappa shape index (κ3) is 3.14. The molecule has 102 valence electrons. The van der Waals surface area contributed by atoms with Crippen LogP contribution < -0.4 is 10.2 Å². The number of hydrogen-bond acceptors (Lipinski definition) is 3. The Kier molecular flexibility index (Phi) is 4.22. The van der Waals surface area contributed by atoms with Crippen molar-refractivity contribution in [1.29, 1.82) is 0 Å². The van der Waals surface area contributed by atoms with Crippen molar-refractivity contribution in [2.45, 2.75) is 26.3 Å². The normalized spacial score (nSPS) is 19.6. The predicted molar refractivity (Wildman–Crippen MR) is 75.2 cm³/mol. The molecule has 1 aromatic rings. The molecule has 1 aliphatic rings. The number of amides is 2. The molecule has 0 saturated carbocycles. The monoisotopic (exact) mass is 280 g/mol. The van der Waals surface area contributed by atoms with Gasteiger partial charge >= 0.3 is 0 Å². The van der Waals surface area contributed by atoms with Gasteiger partial charge in [-0.15, -0.1) is 0 Å². The van der Waals surface area contributed by atoms with Crippen LogP contribution in [0.3, 0.4) is 0 Å². The Balaban J connectivity index is 2.14. The zero-order valence-corrected chi connectivity index (χ0v) is 11.8. The van der Waals surface area contributed by atoms with Gasteiger partial charge in [0.15, 0.2) is 0 Å². The Morgan fingerprint density at radius 2 is 2.16 bits per heavy atom. The molecule has 1 aromatic carbocycles. The summed E-state index contributed by atoms with van der Waals surface area (Å²) in [7, 11) is 0. The summed E-state index contributed by atoms with van der Waals surface area (Å²) < 4.78 is 0. The van der Waals surface area contributed by atoms with Gasteiger partial charge in [0.25, 0.3) is 5.91 Å². The lowest BCUT2D eigenvalue weighted by atomic mass is 10.2. The van der Waals surface area contributed by atoms with Crippen molar-refractivity contribution in [1.82, 2.24) is 5.32 Å². The maximum absolute atomic E-state index is 12.2. The Morgan fingerprint density at radius 1 is 1.42 bits per heavy atom. The molecule has 1 aliphatic heterocycles. The highest BCUT2D eigenvalue weighted by atomic mass is 35.5. The summed E-state index contributed by atoms with van der Waals surface area (Å²) in [6.45, 7) is 4.83. The molecule has 1 atom stereocenters. The van der Waals surface area contributed by atoms with Crippen LogP contribution >= 0.6 is 11.6 Å². The van der Waals surface area contributed by atoms with Crippen molar-refractivity contribution in [2.24, 2.45) is 5.92 Å². The van der Waals surface area contributed by atoms with Crippen LogP contribution in [0.2, 0.25) is 5.02 Å². The van der Waals surface area contributed by atoms with Gasteiger partial charge in [0.1, 0.15) is 0 Å². The minimum absolute atomic E-state index is 0.187. The van der Waals surface area contributed by atoms with Crippen LogP contribution in [0.25, 0.3) is 0 Å². The molecule has 0 aromatic heterocycles. The molecule has 19 heavy (non-hydrogen) atoms. The highest BCUT2D eigenvalue weighted by molar-refractivity contribution is 6.31. The number of halogens is 1. The lowest BCUT2D eigenvalue weighted by molar-refractivity contribution is -0.121. The Hall–Kier alpha value is -1.39. The second-order valence-corrected chi connectivity index (χ2v) is 5.54. The molecule has 2 amide bonds. The second kappa shape index (κ2) is 5.72. The molecule has 5 heteroatoms. The summed E-state index contributed by atoms with van der Waals surface area (Å²) in [5.74, 6) is 0.0459. The maximum Gasteiger partial charge on any atom is 0.251 e. The Bertz CT molecular complexity index is 502. The number of carbonyl (C=O) groups excluding carboxylic acids is 2. The first-order valence-electron chi connectivity index (χ1n) is 6.35. The van der Waals surface area contributed by atoms with Gasteiger partial charge in [-0.2, -0.15) is 0 Å². The number of benzene rings is 1. The molecule has 0 aliphatic carbocycles. The Morgan fingerprint density at radius 3 is 2.79 bits per heavy atom. The molecule has 0 bridgehead atoms. The molecule has 4 nitrogen and oxygen atoms in total. The number of carbonyl (C=O) groups is 2. The summed E-state index contributed by atoms with van der Waals surface area (Å²) in [5.41, 5.74) is 0.538. The van der Waals surface area contributed by atoms with Crippen LogP contribution in [0, 0.1) is 5.92 Å². The van der Waals surface area contributed by atoms with Gasteiger partial charge in [0.05, 0.1) is 18.2 Å². The van der Waals surface area contributed by atoms with Gasteiger partial charge in [-0.1, -0.05) is 31.5 Å². The third-order valence-electron chi connectivity index (χ3n) is 2.99. The lowest BCUT2D eigenvalue weighted by Crippen LogP contribution is -2.40. The van der Waals surface area contributed by atoms with Crippen LogP contribution in [-0.2, 0) is 9.59 Å². The average Bonchev–Trinajstić information content (AvgIpc) is 2.62. The minimum atomic E-state index is -0.422. The van der Waals surface area contributed by atoms with Gasteiger partial charge in [-0.05, 0) is 30.7 Å². The fourth-order valence-electron chi connectivity index (χ4n) is 2.06. The topological polar surface area (TPSA) is 49.4 Å². The molecule has 1 fully saturated rings. The molecular weight excluding hydrogens is 264 g/mol. The van der Waals surface area contributed by atoms with E-state index in [2.05, 4.69) is 19.2 Å². The van der Waals surface area contributed by atoms with Crippen LogP contribution in [0.4, 0.5) is 5.69 Å². The summed E-state index contributed by atoms with van der Waals surface area (Å²) in [4.78, 5) is 25.4. The van der Waals surface area contributed by atoms with E-state index in [0.717, 1.165) is 0 Å². The summed E-state index contributed by atoms with van der Waals surface area (Å²) in [5, 5.41) is 3.64. The smallest absolute Gasteiger partial charge is 0.251 e. The van der Waals surface area contributed by atoms with Crippen LogP contribution in [-0.4, -0.2) is 24.4 Å². The average molecular weight is 281 g/mol. The number of anilines is 1. The number of hydrogen-bond donors (Lipinski definition) is 1. The van der Waals surface area contributed by atoms with Crippen molar-refractivity contribution in [3.8, 4) is 0 Å². The molecule has 0 radical (unpaired) electrons. The molecule has 1 saturated heterocycles. The summed E-state index contributed by atoms with van der Waals surface area (Å²) >= 11 is 5.89. The van der Waals surface area contributed by atoms with Gasteiger partial charge in [-0.3, -0.25) is 9.59 Å². The highest BCUT2D eigenvalue weighted by Crippen LogP contribution is 2.25. The van der Waals surface area contributed by atoms with E-state index in [1.54, 1.807) is 24.3 Å². The maximum atomic E-state index is 12.2. The molecule has 2 rings (SSSR count). The van der Waals surface area contributed by atoms with E-state index >= 15 is 0 Å². The zero-order chi connectivity index (χ0) is 14.0. The van der Waals surface area contributed by atoms with Crippen molar-refractivity contribution in [3.05, 3.63) is 29.3 Å². The van der Waals surface area contributed by atoms with Crippen molar-refractivity contribution in [3.63, 3.8) is 0 Å². The summed E-state index contributed by atoms with van der Waals surface area (Å²) in [6.07, 6.45) is 0.206. The summed E-state index contributed by atoms with van der Waals surface area (Å²) in [6, 6.07) is 6.36. The van der Waals surface area contributed by atoms with E-state index in [1.807, 2.05) is 0 Å². The van der Waals surface area contributed by atoms with E-state index < -0.39 is 6.04 Å². The molecule has 1 unspecified atom stereocenters. The number of nitrogens with zero attached hydrogens (tertiary/aromatic N) is 1. The van der Waals surface area contributed by atoms with Gasteiger partial charge in [0, 0.05) is 5.02 Å². The Labute approximate surface area is 117 Å². The number of rotatable bonds is 4. The minimum Gasteiger partial charge on any atom is -0.305 e. The predicted octanol–water partition coefficient (Wildman–Crippen LogP) is 2.22. The molecular formula is C14H17ClN2O2. The van der Waals surface area contributed by atoms with Gasteiger partial charge in [-0.25, -0.2) is 4.90 Å². The first-order chi connectivity index (χ1) is 8.99. The number of nitrogens with one attached hydrogen (secondary N) is 1. The highest BCUT2D eigenvalue weighted by Gasteiger charge is 2.39. The lowest BCUT2D eigenvalue weighted by Gasteiger charge is -2.16. The standard InChI is InChI=1S/C14H17ClN2O2/c1-9(2)8-16-12-7-13(18)17(14(12)19)11-5-3-4-10(15)6-11/h3-6,9,12,16H,7-8H2,1-2H3. The molecule has 1 heterocycles. The van der Waals surface area contributed by atoms with E-state index in [0.29, 0.717) is 23.2 Å². The molecule has 1 N–H and O–H groups in total. The van der Waals surface area contributed by atoms with Crippen molar-refractivity contribution >= 4 is 29.1 Å². The largest absolute Gasteiger partial charge is 0.305 e. The first kappa shape index (κ1) is 14.0. The van der Waals surface area contributed by atoms with Crippen LogP contribution in [0.5, 0.6) is 0 Å². The molecule has 0 spiro atoms. The van der Waals surface area contributed by atoms with E-state index in [9.17, 15) is 9.59 Å². The second-order valence-electron chi connectivity index (χ2n) is 5.11. The third-order valence-corrected chi connectivity index (χ3v) is 3.22. The van der Waals surface area contributed by atoms with E-state index in [-0.39, 0.29) is 18.2 Å². The fourth-order valence-corrected chi connectivity index (χ4v) is 2.24. The SMILES string of the molecule is CC(C)CNC1CC(=O)N(c2cccc(Cl)c2)C1=O. The number of imide groups is 1. The first-order valence-corrected chi connectivity index (χ1v) is 6.72. The van der Waals surface area contributed by atoms with E-state index in [4.69, 9.17) is 11.6 Å². The fraction of sp³-hybridized carbons (Fsp3) is 0.429. The van der Waals surface area contributed by atoms with E-state index in [1.165, 1.54) is 4.90 Å². The quantitative estimate of drug-likeness (QED) is 0.861. The van der Waals surface area contributed by atoms with Gasteiger partial charge in [0.2, 0.25) is 5.91 Å². The van der Waals surface area contributed by atoms with Crippen LogP contribution in [0.15, 0.2) is 24.3 Å².